The van der Waals surface area contributed by atoms with E-state index in [0.29, 0.717) is 44.9 Å². The van der Waals surface area contributed by atoms with Crippen LogP contribution in [0.3, 0.4) is 0 Å². The zero-order valence-electron chi connectivity index (χ0n) is 21.2. The Bertz CT molecular complexity index is 1600. The van der Waals surface area contributed by atoms with Crippen molar-refractivity contribution in [3.8, 4) is 17.4 Å². The molecule has 0 aliphatic heterocycles. The molecule has 0 saturated heterocycles. The van der Waals surface area contributed by atoms with Gasteiger partial charge in [0.1, 0.15) is 12.0 Å². The second-order valence-electron chi connectivity index (χ2n) is 9.15. The first-order valence-electron chi connectivity index (χ1n) is 12.7. The van der Waals surface area contributed by atoms with Gasteiger partial charge in [-0.2, -0.15) is 9.78 Å². The largest absolute Gasteiger partial charge is 0.490 e. The van der Waals surface area contributed by atoms with Crippen molar-refractivity contribution in [2.75, 3.05) is 6.61 Å². The van der Waals surface area contributed by atoms with Crippen molar-refractivity contribution in [2.24, 2.45) is 5.10 Å². The van der Waals surface area contributed by atoms with Gasteiger partial charge in [-0.25, -0.2) is 9.97 Å². The van der Waals surface area contributed by atoms with E-state index >= 15 is 0 Å². The van der Waals surface area contributed by atoms with Gasteiger partial charge >= 0.3 is 0 Å². The first-order valence-corrected chi connectivity index (χ1v) is 13.5. The topological polar surface area (TPSA) is 122 Å². The minimum absolute atomic E-state index is 0.133. The summed E-state index contributed by atoms with van der Waals surface area (Å²) in [6.07, 6.45) is 8.07. The Hall–Kier alpha value is -4.12. The van der Waals surface area contributed by atoms with E-state index in [2.05, 4.69) is 26.0 Å². The summed E-state index contributed by atoms with van der Waals surface area (Å²) < 4.78 is 13.7. The summed E-state index contributed by atoms with van der Waals surface area (Å²) in [7, 11) is 0. The molecule has 0 amide bonds. The molecule has 200 valence electrons. The lowest BCUT2D eigenvalue weighted by atomic mass is 9.88. The van der Waals surface area contributed by atoms with Gasteiger partial charge < -0.3 is 9.47 Å². The molecule has 10 nitrogen and oxygen atoms in total. The van der Waals surface area contributed by atoms with Crippen LogP contribution in [0.1, 0.15) is 56.3 Å². The smallest absolute Gasteiger partial charge is 0.287 e. The normalized spacial score (nSPS) is 14.1. The van der Waals surface area contributed by atoms with Crippen LogP contribution in [0.15, 0.2) is 69.1 Å². The maximum absolute atomic E-state index is 13.5. The molecule has 2 heterocycles. The van der Waals surface area contributed by atoms with Crippen molar-refractivity contribution in [3.05, 3.63) is 91.1 Å². The highest BCUT2D eigenvalue weighted by atomic mass is 79.9. The van der Waals surface area contributed by atoms with Crippen LogP contribution < -0.4 is 15.0 Å². The second kappa shape index (κ2) is 11.7. The molecule has 0 bridgehead atoms. The summed E-state index contributed by atoms with van der Waals surface area (Å²) in [6.45, 7) is 2.22. The highest BCUT2D eigenvalue weighted by Gasteiger charge is 2.22. The molecule has 1 aliphatic rings. The van der Waals surface area contributed by atoms with Crippen LogP contribution in [-0.2, 0) is 0 Å². The van der Waals surface area contributed by atoms with Crippen molar-refractivity contribution in [1.82, 2.24) is 14.6 Å². The lowest BCUT2D eigenvalue weighted by Gasteiger charge is -2.22. The highest BCUT2D eigenvalue weighted by Crippen LogP contribution is 2.36. The van der Waals surface area contributed by atoms with Crippen molar-refractivity contribution in [2.45, 2.75) is 44.9 Å². The fourth-order valence-corrected chi connectivity index (χ4v) is 5.07. The molecule has 1 saturated carbocycles. The number of nitro groups is 1. The van der Waals surface area contributed by atoms with Crippen molar-refractivity contribution < 1.29 is 14.4 Å². The van der Waals surface area contributed by atoms with E-state index in [0.717, 1.165) is 31.9 Å². The van der Waals surface area contributed by atoms with Crippen LogP contribution in [0.5, 0.6) is 17.4 Å². The summed E-state index contributed by atoms with van der Waals surface area (Å²) >= 11 is 3.56. The monoisotopic (exact) mass is 591 g/mol. The van der Waals surface area contributed by atoms with Crippen molar-refractivity contribution in [3.63, 3.8) is 0 Å². The van der Waals surface area contributed by atoms with Gasteiger partial charge in [0.25, 0.3) is 11.2 Å². The molecule has 2 aromatic heterocycles. The predicted molar refractivity (Wildman–Crippen MR) is 151 cm³/mol. The van der Waals surface area contributed by atoms with Crippen LogP contribution in [0.25, 0.3) is 10.9 Å². The lowest BCUT2D eigenvalue weighted by Crippen LogP contribution is -2.25. The summed E-state index contributed by atoms with van der Waals surface area (Å²) in [5.74, 6) is 1.83. The second-order valence-corrected chi connectivity index (χ2v) is 10.0. The molecule has 4 aromatic rings. The number of pyridine rings is 1. The number of rotatable bonds is 8. The molecular weight excluding hydrogens is 566 g/mol. The summed E-state index contributed by atoms with van der Waals surface area (Å²) in [5.41, 5.74) is 1.00. The number of fused-ring (bicyclic) bond motifs is 1. The molecule has 39 heavy (non-hydrogen) atoms. The Kier molecular flexibility index (Phi) is 7.97. The van der Waals surface area contributed by atoms with Gasteiger partial charge in [-0.1, -0.05) is 31.4 Å². The molecule has 2 aromatic carbocycles. The summed E-state index contributed by atoms with van der Waals surface area (Å²) in [5, 5.41) is 16.0. The SMILES string of the molecule is CCOc1cc(C=Nn2c(C3CCCCC3)nc3ccccc3c2=O)c(Br)cc1Oc1ccc([N+](=O)[O-])cn1. The molecule has 1 aliphatic carbocycles. The zero-order valence-corrected chi connectivity index (χ0v) is 22.8. The third kappa shape index (κ3) is 5.83. The van der Waals surface area contributed by atoms with Gasteiger partial charge in [0.05, 0.1) is 28.6 Å². The van der Waals surface area contributed by atoms with E-state index in [-0.39, 0.29) is 23.0 Å². The number of aromatic nitrogens is 3. The Morgan fingerprint density at radius 3 is 2.67 bits per heavy atom. The average molecular weight is 592 g/mol. The number of hydrogen-bond donors (Lipinski definition) is 0. The summed E-state index contributed by atoms with van der Waals surface area (Å²) in [4.78, 5) is 32.8. The summed E-state index contributed by atoms with van der Waals surface area (Å²) in [6, 6.07) is 13.5. The first kappa shape index (κ1) is 26.5. The molecule has 5 rings (SSSR count). The quantitative estimate of drug-likeness (QED) is 0.129. The van der Waals surface area contributed by atoms with Gasteiger partial charge in [0, 0.05) is 28.1 Å². The molecule has 0 atom stereocenters. The number of ether oxygens (including phenoxy) is 2. The Morgan fingerprint density at radius 1 is 1.15 bits per heavy atom. The molecular formula is C28H26BrN5O5. The van der Waals surface area contributed by atoms with Gasteiger partial charge in [0.2, 0.25) is 5.88 Å². The maximum Gasteiger partial charge on any atom is 0.287 e. The van der Waals surface area contributed by atoms with Crippen molar-refractivity contribution in [1.29, 1.82) is 0 Å². The maximum atomic E-state index is 13.5. The zero-order chi connectivity index (χ0) is 27.4. The standard InChI is InChI=1S/C28H26BrN5O5/c1-2-38-24-14-19(22(29)15-25(24)39-26-13-12-20(17-30-26)34(36)37)16-31-33-27(18-8-4-3-5-9-18)32-23-11-7-6-10-21(23)28(33)35/h6-7,10-18H,2-5,8-9H2,1H3. The van der Waals surface area contributed by atoms with E-state index < -0.39 is 4.92 Å². The molecule has 0 unspecified atom stereocenters. The van der Waals surface area contributed by atoms with Crippen LogP contribution in [0, 0.1) is 10.1 Å². The minimum Gasteiger partial charge on any atom is -0.490 e. The van der Waals surface area contributed by atoms with Crippen LogP contribution >= 0.6 is 15.9 Å². The van der Waals surface area contributed by atoms with Crippen LogP contribution in [-0.4, -0.2) is 32.4 Å². The van der Waals surface area contributed by atoms with E-state index in [1.54, 1.807) is 24.4 Å². The molecule has 0 radical (unpaired) electrons. The van der Waals surface area contributed by atoms with E-state index in [9.17, 15) is 14.9 Å². The minimum atomic E-state index is -0.525. The van der Waals surface area contributed by atoms with E-state index in [1.807, 2.05) is 25.1 Å². The number of para-hydroxylation sites is 1. The third-order valence-electron chi connectivity index (χ3n) is 6.57. The average Bonchev–Trinajstić information content (AvgIpc) is 2.95. The predicted octanol–water partition coefficient (Wildman–Crippen LogP) is 6.58. The van der Waals surface area contributed by atoms with Crippen LogP contribution in [0.2, 0.25) is 0 Å². The highest BCUT2D eigenvalue weighted by molar-refractivity contribution is 9.10. The Balaban J connectivity index is 1.51. The van der Waals surface area contributed by atoms with E-state index in [4.69, 9.17) is 14.5 Å². The third-order valence-corrected chi connectivity index (χ3v) is 7.26. The van der Waals surface area contributed by atoms with Gasteiger partial charge in [0.15, 0.2) is 11.5 Å². The Labute approximate surface area is 232 Å². The lowest BCUT2D eigenvalue weighted by molar-refractivity contribution is -0.385. The Morgan fingerprint density at radius 2 is 1.95 bits per heavy atom. The molecule has 1 fully saturated rings. The fraction of sp³-hybridized carbons (Fsp3) is 0.286. The van der Waals surface area contributed by atoms with Gasteiger partial charge in [-0.05, 0) is 60.0 Å². The van der Waals surface area contributed by atoms with Gasteiger partial charge in [-0.3, -0.25) is 14.9 Å². The fourth-order valence-electron chi connectivity index (χ4n) is 4.65. The molecule has 0 spiro atoms. The van der Waals surface area contributed by atoms with E-state index in [1.165, 1.54) is 23.2 Å². The molecule has 0 N–H and O–H groups in total. The number of benzene rings is 2. The van der Waals surface area contributed by atoms with Crippen LogP contribution in [0.4, 0.5) is 5.69 Å². The molecule has 11 heteroatoms. The number of nitrogens with zero attached hydrogens (tertiary/aromatic N) is 5. The first-order chi connectivity index (χ1) is 18.9. The number of halogens is 1. The van der Waals surface area contributed by atoms with Crippen molar-refractivity contribution >= 4 is 38.7 Å². The number of hydrogen-bond acceptors (Lipinski definition) is 8. The van der Waals surface area contributed by atoms with Gasteiger partial charge in [-0.15, -0.1) is 0 Å².